The summed E-state index contributed by atoms with van der Waals surface area (Å²) >= 11 is 0. The molecule has 1 aliphatic heterocycles. The fourth-order valence-electron chi connectivity index (χ4n) is 2.23. The van der Waals surface area contributed by atoms with Gasteiger partial charge in [0.15, 0.2) is 0 Å². The van der Waals surface area contributed by atoms with Crippen LogP contribution in [0.15, 0.2) is 0 Å². The van der Waals surface area contributed by atoms with Crippen molar-refractivity contribution in [3.63, 3.8) is 0 Å². The molecular weight excluding hydrogens is 200 g/mol. The van der Waals surface area contributed by atoms with Crippen molar-refractivity contribution in [2.24, 2.45) is 11.7 Å². The van der Waals surface area contributed by atoms with Crippen molar-refractivity contribution in [1.82, 2.24) is 4.90 Å². The van der Waals surface area contributed by atoms with Crippen LogP contribution in [0.25, 0.3) is 0 Å². The average molecular weight is 226 g/mol. The monoisotopic (exact) mass is 226 g/mol. The lowest BCUT2D eigenvalue weighted by atomic mass is 10.0. The summed E-state index contributed by atoms with van der Waals surface area (Å²) in [5, 5.41) is 0. The molecule has 94 valence electrons. The molecule has 1 aliphatic rings. The van der Waals surface area contributed by atoms with Gasteiger partial charge in [0, 0.05) is 25.6 Å². The zero-order chi connectivity index (χ0) is 12.0. The Morgan fingerprint density at radius 3 is 2.56 bits per heavy atom. The molecule has 0 aromatic heterocycles. The summed E-state index contributed by atoms with van der Waals surface area (Å²) in [6.07, 6.45) is 6.88. The molecule has 3 nitrogen and oxygen atoms in total. The van der Waals surface area contributed by atoms with Crippen molar-refractivity contribution in [3.8, 4) is 0 Å². The molecule has 1 fully saturated rings. The molecule has 3 heteroatoms. The normalized spacial score (nSPS) is 21.1. The fourth-order valence-corrected chi connectivity index (χ4v) is 2.23. The van der Waals surface area contributed by atoms with Crippen LogP contribution >= 0.6 is 0 Å². The van der Waals surface area contributed by atoms with E-state index in [9.17, 15) is 4.79 Å². The number of nitrogens with two attached hydrogens (primary N) is 1. The highest BCUT2D eigenvalue weighted by molar-refractivity contribution is 5.79. The predicted molar refractivity (Wildman–Crippen MR) is 67.1 cm³/mol. The van der Waals surface area contributed by atoms with Gasteiger partial charge in [0.05, 0.1) is 0 Å². The summed E-state index contributed by atoms with van der Waals surface area (Å²) in [5.41, 5.74) is 5.74. The summed E-state index contributed by atoms with van der Waals surface area (Å²) in [7, 11) is 0. The number of carbonyl (C=O) groups is 1. The molecule has 0 aromatic carbocycles. The zero-order valence-electron chi connectivity index (χ0n) is 10.7. The minimum Gasteiger partial charge on any atom is -0.341 e. The molecule has 16 heavy (non-hydrogen) atoms. The maximum absolute atomic E-state index is 11.4. The molecule has 1 rings (SSSR count). The van der Waals surface area contributed by atoms with E-state index < -0.39 is 0 Å². The molecule has 1 heterocycles. The molecular formula is C13H26N2O. The summed E-state index contributed by atoms with van der Waals surface area (Å²) < 4.78 is 0. The van der Waals surface area contributed by atoms with E-state index in [0.717, 1.165) is 25.4 Å². The lowest BCUT2D eigenvalue weighted by Crippen LogP contribution is -2.29. The summed E-state index contributed by atoms with van der Waals surface area (Å²) in [6, 6.07) is 0.0773. The first-order valence-electron chi connectivity index (χ1n) is 6.63. The fraction of sp³-hybridized carbons (Fsp3) is 0.923. The molecule has 2 N–H and O–H groups in total. The third kappa shape index (κ3) is 4.97. The second kappa shape index (κ2) is 6.89. The van der Waals surface area contributed by atoms with Crippen LogP contribution in [0, 0.1) is 5.92 Å². The van der Waals surface area contributed by atoms with Crippen molar-refractivity contribution in [3.05, 3.63) is 0 Å². The van der Waals surface area contributed by atoms with Crippen LogP contribution in [0.1, 0.15) is 52.4 Å². The molecule has 0 spiro atoms. The van der Waals surface area contributed by atoms with Gasteiger partial charge in [-0.2, -0.15) is 0 Å². The van der Waals surface area contributed by atoms with Crippen molar-refractivity contribution in [2.75, 3.05) is 13.1 Å². The highest BCUT2D eigenvalue weighted by Gasteiger charge is 2.25. The largest absolute Gasteiger partial charge is 0.341 e. The number of likely N-dealkylation sites (tertiary alicyclic amines) is 1. The van der Waals surface area contributed by atoms with E-state index in [0.29, 0.717) is 6.42 Å². The van der Waals surface area contributed by atoms with E-state index in [-0.39, 0.29) is 11.9 Å². The standard InChI is InChI=1S/C13H26N2O/c1-11(2)7-5-3-4-6-8-15-10-12(14)9-13(15)16/h11-12H,3-10,14H2,1-2H3. The topological polar surface area (TPSA) is 46.3 Å². The third-order valence-corrected chi connectivity index (χ3v) is 3.20. The first kappa shape index (κ1) is 13.5. The van der Waals surface area contributed by atoms with Gasteiger partial charge in [-0.1, -0.05) is 39.5 Å². The van der Waals surface area contributed by atoms with E-state index >= 15 is 0 Å². The highest BCUT2D eigenvalue weighted by Crippen LogP contribution is 2.13. The van der Waals surface area contributed by atoms with Gasteiger partial charge in [-0.3, -0.25) is 4.79 Å². The number of unbranched alkanes of at least 4 members (excludes halogenated alkanes) is 3. The summed E-state index contributed by atoms with van der Waals surface area (Å²) in [4.78, 5) is 13.4. The Hall–Kier alpha value is -0.570. The predicted octanol–water partition coefficient (Wildman–Crippen LogP) is 2.15. The number of amides is 1. The van der Waals surface area contributed by atoms with Crippen LogP contribution in [0.2, 0.25) is 0 Å². The maximum Gasteiger partial charge on any atom is 0.224 e. The van der Waals surface area contributed by atoms with Gasteiger partial charge in [-0.05, 0) is 12.3 Å². The first-order chi connectivity index (χ1) is 7.59. The second-order valence-electron chi connectivity index (χ2n) is 5.40. The third-order valence-electron chi connectivity index (χ3n) is 3.20. The quantitative estimate of drug-likeness (QED) is 0.676. The molecule has 1 unspecified atom stereocenters. The Morgan fingerprint density at radius 2 is 2.00 bits per heavy atom. The van der Waals surface area contributed by atoms with E-state index in [4.69, 9.17) is 5.73 Å². The number of hydrogen-bond donors (Lipinski definition) is 1. The van der Waals surface area contributed by atoms with Crippen LogP contribution in [0.3, 0.4) is 0 Å². The molecule has 0 aromatic rings. The van der Waals surface area contributed by atoms with Crippen molar-refractivity contribution in [2.45, 2.75) is 58.4 Å². The number of hydrogen-bond acceptors (Lipinski definition) is 2. The zero-order valence-corrected chi connectivity index (χ0v) is 10.7. The van der Waals surface area contributed by atoms with Crippen molar-refractivity contribution >= 4 is 5.91 Å². The van der Waals surface area contributed by atoms with Crippen LogP contribution in [-0.2, 0) is 4.79 Å². The molecule has 1 atom stereocenters. The van der Waals surface area contributed by atoms with Crippen molar-refractivity contribution in [1.29, 1.82) is 0 Å². The minimum atomic E-state index is 0.0773. The minimum absolute atomic E-state index is 0.0773. The van der Waals surface area contributed by atoms with Crippen LogP contribution < -0.4 is 5.73 Å². The van der Waals surface area contributed by atoms with Crippen LogP contribution in [0.5, 0.6) is 0 Å². The van der Waals surface area contributed by atoms with Gasteiger partial charge < -0.3 is 10.6 Å². The lowest BCUT2D eigenvalue weighted by Gasteiger charge is -2.15. The van der Waals surface area contributed by atoms with Gasteiger partial charge >= 0.3 is 0 Å². The van der Waals surface area contributed by atoms with Crippen LogP contribution in [0.4, 0.5) is 0 Å². The number of rotatable bonds is 7. The van der Waals surface area contributed by atoms with Gasteiger partial charge in [-0.15, -0.1) is 0 Å². The SMILES string of the molecule is CC(C)CCCCCCN1CC(N)CC1=O. The Kier molecular flexibility index (Phi) is 5.81. The molecule has 0 radical (unpaired) electrons. The van der Waals surface area contributed by atoms with Gasteiger partial charge in [-0.25, -0.2) is 0 Å². The van der Waals surface area contributed by atoms with Gasteiger partial charge in [0.1, 0.15) is 0 Å². The smallest absolute Gasteiger partial charge is 0.224 e. The molecule has 0 bridgehead atoms. The molecule has 1 saturated heterocycles. The number of nitrogens with zero attached hydrogens (tertiary/aromatic N) is 1. The summed E-state index contributed by atoms with van der Waals surface area (Å²) in [5.74, 6) is 1.06. The van der Waals surface area contributed by atoms with Crippen LogP contribution in [-0.4, -0.2) is 29.9 Å². The maximum atomic E-state index is 11.4. The van der Waals surface area contributed by atoms with E-state index in [2.05, 4.69) is 13.8 Å². The first-order valence-corrected chi connectivity index (χ1v) is 6.63. The van der Waals surface area contributed by atoms with E-state index in [1.807, 2.05) is 4.90 Å². The molecule has 0 aliphatic carbocycles. The van der Waals surface area contributed by atoms with E-state index in [1.165, 1.54) is 25.7 Å². The Morgan fingerprint density at radius 1 is 1.31 bits per heavy atom. The average Bonchev–Trinajstić information content (AvgIpc) is 2.50. The number of carbonyl (C=O) groups excluding carboxylic acids is 1. The lowest BCUT2D eigenvalue weighted by molar-refractivity contribution is -0.127. The van der Waals surface area contributed by atoms with Gasteiger partial charge in [0.25, 0.3) is 0 Å². The Bertz CT molecular complexity index is 216. The van der Waals surface area contributed by atoms with Gasteiger partial charge in [0.2, 0.25) is 5.91 Å². The molecule has 1 amide bonds. The molecule has 0 saturated carbocycles. The Labute approximate surface area is 99.4 Å². The Balaban J connectivity index is 1.97. The second-order valence-corrected chi connectivity index (χ2v) is 5.40. The van der Waals surface area contributed by atoms with Crippen molar-refractivity contribution < 1.29 is 4.79 Å². The van der Waals surface area contributed by atoms with E-state index in [1.54, 1.807) is 0 Å². The highest BCUT2D eigenvalue weighted by atomic mass is 16.2. The summed E-state index contributed by atoms with van der Waals surface area (Å²) in [6.45, 7) is 6.22.